The molecule has 21 heavy (non-hydrogen) atoms. The van der Waals surface area contributed by atoms with Gasteiger partial charge in [0.05, 0.1) is 5.56 Å². The van der Waals surface area contributed by atoms with E-state index < -0.39 is 28.9 Å². The van der Waals surface area contributed by atoms with Gasteiger partial charge in [-0.05, 0) is 24.3 Å². The molecule has 0 aliphatic rings. The molecule has 0 radical (unpaired) electrons. The van der Waals surface area contributed by atoms with Crippen molar-refractivity contribution in [1.82, 2.24) is 4.90 Å². The predicted molar refractivity (Wildman–Crippen MR) is 73.6 cm³/mol. The summed E-state index contributed by atoms with van der Waals surface area (Å²) < 4.78 is 40.4. The maximum atomic E-state index is 13.7. The van der Waals surface area contributed by atoms with Crippen LogP contribution in [0.3, 0.4) is 0 Å². The highest BCUT2D eigenvalue weighted by Gasteiger charge is 2.20. The Kier molecular flexibility index (Phi) is 4.53. The molecule has 0 fully saturated rings. The first-order valence-corrected chi connectivity index (χ1v) is 6.42. The van der Waals surface area contributed by atoms with Gasteiger partial charge in [0, 0.05) is 24.2 Å². The number of rotatable bonds is 3. The molecular weight excluding hydrogens is 303 g/mol. The topological polar surface area (TPSA) is 20.3 Å². The Morgan fingerprint density at radius 3 is 2.38 bits per heavy atom. The van der Waals surface area contributed by atoms with Gasteiger partial charge in [0.25, 0.3) is 5.91 Å². The predicted octanol–water partition coefficient (Wildman–Crippen LogP) is 4.03. The summed E-state index contributed by atoms with van der Waals surface area (Å²) >= 11 is 5.87. The standard InChI is InChI=1S/C15H11ClF3NO/c1-20(8-10-11(16)5-3-6-12(10)17)15(21)9-4-2-7-13(18)14(9)19/h2-7H,8H2,1H3. The van der Waals surface area contributed by atoms with Crippen LogP contribution in [0.5, 0.6) is 0 Å². The fourth-order valence-electron chi connectivity index (χ4n) is 1.87. The molecule has 6 heteroatoms. The molecular formula is C15H11ClF3NO. The number of hydrogen-bond donors (Lipinski definition) is 0. The summed E-state index contributed by atoms with van der Waals surface area (Å²) in [4.78, 5) is 13.2. The van der Waals surface area contributed by atoms with Crippen molar-refractivity contribution in [3.63, 3.8) is 0 Å². The van der Waals surface area contributed by atoms with Crippen LogP contribution in [0.1, 0.15) is 15.9 Å². The van der Waals surface area contributed by atoms with Crippen molar-refractivity contribution in [2.75, 3.05) is 7.05 Å². The van der Waals surface area contributed by atoms with Crippen molar-refractivity contribution >= 4 is 17.5 Å². The number of amides is 1. The van der Waals surface area contributed by atoms with E-state index in [1.54, 1.807) is 0 Å². The Balaban J connectivity index is 2.26. The second-order valence-corrected chi connectivity index (χ2v) is 4.87. The van der Waals surface area contributed by atoms with Crippen molar-refractivity contribution in [2.45, 2.75) is 6.54 Å². The van der Waals surface area contributed by atoms with Gasteiger partial charge < -0.3 is 4.90 Å². The minimum absolute atomic E-state index is 0.117. The zero-order valence-electron chi connectivity index (χ0n) is 11.0. The van der Waals surface area contributed by atoms with Gasteiger partial charge >= 0.3 is 0 Å². The van der Waals surface area contributed by atoms with Crippen LogP contribution in [0.4, 0.5) is 13.2 Å². The van der Waals surface area contributed by atoms with Crippen molar-refractivity contribution in [1.29, 1.82) is 0 Å². The zero-order valence-corrected chi connectivity index (χ0v) is 11.8. The maximum absolute atomic E-state index is 13.7. The molecule has 0 atom stereocenters. The van der Waals surface area contributed by atoms with Gasteiger partial charge in [-0.2, -0.15) is 0 Å². The summed E-state index contributed by atoms with van der Waals surface area (Å²) in [5.41, 5.74) is -0.295. The first-order valence-electron chi connectivity index (χ1n) is 6.04. The van der Waals surface area contributed by atoms with E-state index in [9.17, 15) is 18.0 Å². The number of benzene rings is 2. The number of nitrogens with zero attached hydrogens (tertiary/aromatic N) is 1. The summed E-state index contributed by atoms with van der Waals surface area (Å²) in [6, 6.07) is 7.45. The van der Waals surface area contributed by atoms with E-state index in [2.05, 4.69) is 0 Å². The van der Waals surface area contributed by atoms with Crippen LogP contribution in [-0.4, -0.2) is 17.9 Å². The second-order valence-electron chi connectivity index (χ2n) is 4.46. The lowest BCUT2D eigenvalue weighted by Crippen LogP contribution is -2.27. The van der Waals surface area contributed by atoms with E-state index in [4.69, 9.17) is 11.6 Å². The third kappa shape index (κ3) is 3.19. The average molecular weight is 314 g/mol. The highest BCUT2D eigenvalue weighted by molar-refractivity contribution is 6.31. The molecule has 0 bridgehead atoms. The van der Waals surface area contributed by atoms with Crippen LogP contribution < -0.4 is 0 Å². The van der Waals surface area contributed by atoms with Crippen LogP contribution in [0.2, 0.25) is 5.02 Å². The monoisotopic (exact) mass is 313 g/mol. The summed E-state index contributed by atoms with van der Waals surface area (Å²) in [6.45, 7) is -0.152. The molecule has 0 saturated carbocycles. The Morgan fingerprint density at radius 1 is 1.10 bits per heavy atom. The number of carbonyl (C=O) groups excluding carboxylic acids is 1. The van der Waals surface area contributed by atoms with Gasteiger partial charge in [-0.15, -0.1) is 0 Å². The lowest BCUT2D eigenvalue weighted by atomic mass is 10.1. The second kappa shape index (κ2) is 6.18. The summed E-state index contributed by atoms with van der Waals surface area (Å²) in [5, 5.41) is 0.161. The molecule has 2 aromatic rings. The van der Waals surface area contributed by atoms with E-state index in [0.29, 0.717) is 0 Å². The van der Waals surface area contributed by atoms with Crippen LogP contribution in [0.25, 0.3) is 0 Å². The largest absolute Gasteiger partial charge is 0.337 e. The lowest BCUT2D eigenvalue weighted by Gasteiger charge is -2.19. The van der Waals surface area contributed by atoms with Gasteiger partial charge in [-0.3, -0.25) is 4.79 Å². The fourth-order valence-corrected chi connectivity index (χ4v) is 2.09. The smallest absolute Gasteiger partial charge is 0.256 e. The summed E-state index contributed by atoms with van der Waals surface area (Å²) in [5.74, 6) is -3.67. The van der Waals surface area contributed by atoms with Crippen LogP contribution in [-0.2, 0) is 6.54 Å². The molecule has 0 aliphatic carbocycles. The third-order valence-electron chi connectivity index (χ3n) is 2.99. The van der Waals surface area contributed by atoms with Gasteiger partial charge in [0.15, 0.2) is 11.6 Å². The molecule has 0 saturated heterocycles. The van der Waals surface area contributed by atoms with Crippen molar-refractivity contribution in [2.24, 2.45) is 0 Å². The van der Waals surface area contributed by atoms with Crippen molar-refractivity contribution < 1.29 is 18.0 Å². The van der Waals surface area contributed by atoms with Gasteiger partial charge in [-0.25, -0.2) is 13.2 Å². The lowest BCUT2D eigenvalue weighted by molar-refractivity contribution is 0.0778. The minimum Gasteiger partial charge on any atom is -0.337 e. The highest BCUT2D eigenvalue weighted by atomic mass is 35.5. The minimum atomic E-state index is -1.23. The normalized spacial score (nSPS) is 10.5. The Morgan fingerprint density at radius 2 is 1.71 bits per heavy atom. The average Bonchev–Trinajstić information content (AvgIpc) is 2.45. The molecule has 0 N–H and O–H groups in total. The van der Waals surface area contributed by atoms with E-state index in [1.807, 2.05) is 0 Å². The molecule has 0 aromatic heterocycles. The molecule has 2 rings (SSSR count). The molecule has 110 valence electrons. The van der Waals surface area contributed by atoms with Gasteiger partial charge in [0.2, 0.25) is 0 Å². The number of carbonyl (C=O) groups is 1. The van der Waals surface area contributed by atoms with Gasteiger partial charge in [-0.1, -0.05) is 23.7 Å². The van der Waals surface area contributed by atoms with Crippen LogP contribution in [0.15, 0.2) is 36.4 Å². The highest BCUT2D eigenvalue weighted by Crippen LogP contribution is 2.21. The number of halogens is 4. The summed E-state index contributed by atoms with van der Waals surface area (Å²) in [6.07, 6.45) is 0. The molecule has 2 aromatic carbocycles. The Labute approximate surface area is 124 Å². The van der Waals surface area contributed by atoms with E-state index in [1.165, 1.54) is 37.4 Å². The van der Waals surface area contributed by atoms with Gasteiger partial charge in [0.1, 0.15) is 5.82 Å². The molecule has 1 amide bonds. The molecule has 2 nitrogen and oxygen atoms in total. The quantitative estimate of drug-likeness (QED) is 0.838. The first kappa shape index (κ1) is 15.4. The molecule has 0 aliphatic heterocycles. The molecule has 0 unspecified atom stereocenters. The van der Waals surface area contributed by atoms with Crippen LogP contribution in [0, 0.1) is 17.5 Å². The fraction of sp³-hybridized carbons (Fsp3) is 0.133. The van der Waals surface area contributed by atoms with E-state index in [0.717, 1.165) is 11.0 Å². The van der Waals surface area contributed by atoms with E-state index in [-0.39, 0.29) is 17.1 Å². The third-order valence-corrected chi connectivity index (χ3v) is 3.34. The van der Waals surface area contributed by atoms with E-state index >= 15 is 0 Å². The number of hydrogen-bond acceptors (Lipinski definition) is 1. The Bertz CT molecular complexity index is 670. The summed E-state index contributed by atoms with van der Waals surface area (Å²) in [7, 11) is 1.36. The maximum Gasteiger partial charge on any atom is 0.256 e. The Hall–Kier alpha value is -2.01. The van der Waals surface area contributed by atoms with Crippen molar-refractivity contribution in [3.05, 3.63) is 70.0 Å². The van der Waals surface area contributed by atoms with Crippen molar-refractivity contribution in [3.8, 4) is 0 Å². The zero-order chi connectivity index (χ0) is 15.6. The molecule has 0 spiro atoms. The first-order chi connectivity index (χ1) is 9.91. The van der Waals surface area contributed by atoms with Crippen LogP contribution >= 0.6 is 11.6 Å². The molecule has 0 heterocycles. The SMILES string of the molecule is CN(Cc1c(F)cccc1Cl)C(=O)c1cccc(F)c1F.